The molecule has 0 radical (unpaired) electrons. The number of nitrogens with two attached hydrogens (primary N) is 1. The number of benzene rings is 1. The van der Waals surface area contributed by atoms with Crippen LogP contribution in [-0.2, 0) is 4.79 Å². The molecule has 0 spiro atoms. The molecule has 33 heavy (non-hydrogen) atoms. The standard InChI is InChI=1S/C24H29ClN6O2/c1-27-13-19(12-26)17-4-6-18(7-5-17)20-14-29-15-21(25)22(20)31-10-8-24(16-32,9-11-31)30(3)23(33)28-2/h4-7,12-16H,8-11,26H2,1-3H3,(H,28,33). The van der Waals surface area contributed by atoms with Crippen molar-refractivity contribution in [3.05, 3.63) is 53.4 Å². The largest absolute Gasteiger partial charge is 0.404 e. The monoisotopic (exact) mass is 468 g/mol. The van der Waals surface area contributed by atoms with E-state index in [0.29, 0.717) is 31.0 Å². The van der Waals surface area contributed by atoms with Crippen LogP contribution >= 0.6 is 11.6 Å². The average molecular weight is 469 g/mol. The van der Waals surface area contributed by atoms with Crippen molar-refractivity contribution in [2.24, 2.45) is 10.7 Å². The van der Waals surface area contributed by atoms with Crippen LogP contribution in [0, 0.1) is 0 Å². The Morgan fingerprint density at radius 2 is 1.94 bits per heavy atom. The molecule has 3 rings (SSSR count). The van der Waals surface area contributed by atoms with E-state index in [1.165, 1.54) is 11.1 Å². The van der Waals surface area contributed by atoms with Crippen LogP contribution in [0.3, 0.4) is 0 Å². The number of halogens is 1. The number of nitrogens with zero attached hydrogens (tertiary/aromatic N) is 4. The molecule has 0 atom stereocenters. The summed E-state index contributed by atoms with van der Waals surface area (Å²) in [5, 5.41) is 3.13. The number of carbonyl (C=O) groups is 2. The SMILES string of the molecule is CN=CC(=CN)c1ccc(-c2cncc(Cl)c2N2CCC(C=O)(N(C)C(=O)NC)CC2)cc1. The van der Waals surface area contributed by atoms with Crippen LogP contribution in [0.5, 0.6) is 0 Å². The van der Waals surface area contributed by atoms with Crippen molar-refractivity contribution in [1.82, 2.24) is 15.2 Å². The molecule has 1 aromatic carbocycles. The number of rotatable bonds is 6. The zero-order valence-electron chi connectivity index (χ0n) is 19.1. The third-order valence-electron chi connectivity index (χ3n) is 6.20. The molecule has 8 nitrogen and oxygen atoms in total. The minimum atomic E-state index is -0.844. The van der Waals surface area contributed by atoms with Gasteiger partial charge >= 0.3 is 6.03 Å². The molecular weight excluding hydrogens is 440 g/mol. The molecule has 1 aliphatic heterocycles. The highest BCUT2D eigenvalue weighted by molar-refractivity contribution is 6.33. The van der Waals surface area contributed by atoms with Crippen molar-refractivity contribution in [2.75, 3.05) is 39.1 Å². The quantitative estimate of drug-likeness (QED) is 0.500. The average Bonchev–Trinajstić information content (AvgIpc) is 2.86. The number of aromatic nitrogens is 1. The van der Waals surface area contributed by atoms with Crippen LogP contribution in [0.1, 0.15) is 18.4 Å². The van der Waals surface area contributed by atoms with E-state index in [9.17, 15) is 9.59 Å². The molecule has 3 N–H and O–H groups in total. The first-order valence-electron chi connectivity index (χ1n) is 10.7. The van der Waals surface area contributed by atoms with Crippen LogP contribution in [0.15, 0.2) is 47.9 Å². The Morgan fingerprint density at radius 1 is 1.27 bits per heavy atom. The van der Waals surface area contributed by atoms with Crippen molar-refractivity contribution in [3.63, 3.8) is 0 Å². The molecule has 0 unspecified atom stereocenters. The van der Waals surface area contributed by atoms with E-state index in [1.54, 1.807) is 39.8 Å². The number of urea groups is 1. The maximum atomic E-state index is 12.2. The topological polar surface area (TPSA) is 104 Å². The number of piperidine rings is 1. The summed E-state index contributed by atoms with van der Waals surface area (Å²) in [6.07, 6.45) is 8.54. The first kappa shape index (κ1) is 24.3. The van der Waals surface area contributed by atoms with Gasteiger partial charge in [-0.2, -0.15) is 0 Å². The summed E-state index contributed by atoms with van der Waals surface area (Å²) in [7, 11) is 4.91. The second-order valence-electron chi connectivity index (χ2n) is 7.93. The number of carbonyl (C=O) groups excluding carboxylic acids is 2. The number of pyridine rings is 1. The first-order chi connectivity index (χ1) is 15.9. The van der Waals surface area contributed by atoms with Crippen LogP contribution in [-0.4, -0.2) is 68.2 Å². The summed E-state index contributed by atoms with van der Waals surface area (Å²) in [5.41, 5.74) is 9.39. The van der Waals surface area contributed by atoms with Crippen molar-refractivity contribution >= 4 is 41.4 Å². The van der Waals surface area contributed by atoms with Gasteiger partial charge in [0.25, 0.3) is 0 Å². The molecule has 1 fully saturated rings. The van der Waals surface area contributed by atoms with Crippen molar-refractivity contribution in [1.29, 1.82) is 0 Å². The minimum Gasteiger partial charge on any atom is -0.404 e. The van der Waals surface area contributed by atoms with E-state index >= 15 is 0 Å². The van der Waals surface area contributed by atoms with Gasteiger partial charge in [-0.3, -0.25) is 9.98 Å². The number of allylic oxidation sites excluding steroid dienone is 1. The van der Waals surface area contributed by atoms with Crippen molar-refractivity contribution in [3.8, 4) is 11.1 Å². The van der Waals surface area contributed by atoms with Gasteiger partial charge in [-0.25, -0.2) is 4.79 Å². The highest BCUT2D eigenvalue weighted by atomic mass is 35.5. The van der Waals surface area contributed by atoms with E-state index in [4.69, 9.17) is 17.3 Å². The molecule has 0 bridgehead atoms. The van der Waals surface area contributed by atoms with E-state index in [2.05, 4.69) is 20.2 Å². The van der Waals surface area contributed by atoms with Crippen LogP contribution < -0.4 is 16.0 Å². The first-order valence-corrected chi connectivity index (χ1v) is 11.0. The van der Waals surface area contributed by atoms with Crippen LogP contribution in [0.25, 0.3) is 16.7 Å². The van der Waals surface area contributed by atoms with Gasteiger partial charge in [0.15, 0.2) is 0 Å². The lowest BCUT2D eigenvalue weighted by molar-refractivity contribution is -0.117. The number of amides is 2. The second kappa shape index (κ2) is 10.5. The zero-order valence-corrected chi connectivity index (χ0v) is 19.8. The Bertz CT molecular complexity index is 1060. The summed E-state index contributed by atoms with van der Waals surface area (Å²) in [6.45, 7) is 1.14. The molecule has 9 heteroatoms. The molecular formula is C24H29ClN6O2. The van der Waals surface area contributed by atoms with E-state index < -0.39 is 5.54 Å². The lowest BCUT2D eigenvalue weighted by Gasteiger charge is -2.44. The second-order valence-corrected chi connectivity index (χ2v) is 8.33. The lowest BCUT2D eigenvalue weighted by Crippen LogP contribution is -2.58. The fraction of sp³-hybridized carbons (Fsp3) is 0.333. The van der Waals surface area contributed by atoms with Crippen LogP contribution in [0.2, 0.25) is 5.02 Å². The van der Waals surface area contributed by atoms with Gasteiger partial charge in [0.2, 0.25) is 0 Å². The molecule has 1 saturated heterocycles. The lowest BCUT2D eigenvalue weighted by atomic mass is 9.87. The maximum Gasteiger partial charge on any atom is 0.317 e. The highest BCUT2D eigenvalue weighted by Gasteiger charge is 2.41. The van der Waals surface area contributed by atoms with Gasteiger partial charge in [-0.1, -0.05) is 35.9 Å². The summed E-state index contributed by atoms with van der Waals surface area (Å²) in [5.74, 6) is 0. The third kappa shape index (κ3) is 4.85. The number of likely N-dealkylation sites (N-methyl/N-ethyl adjacent to an activating group) is 1. The Hall–Kier alpha value is -3.39. The molecule has 1 aliphatic rings. The fourth-order valence-electron chi connectivity index (χ4n) is 4.18. The molecule has 174 valence electrons. The van der Waals surface area contributed by atoms with Gasteiger partial charge in [0.05, 0.1) is 10.7 Å². The maximum absolute atomic E-state index is 12.2. The smallest absolute Gasteiger partial charge is 0.317 e. The molecule has 0 aliphatic carbocycles. The Morgan fingerprint density at radius 3 is 2.48 bits per heavy atom. The molecule has 1 aromatic heterocycles. The molecule has 2 aromatic rings. The number of hydrogen-bond donors (Lipinski definition) is 2. The number of aldehydes is 1. The number of hydrogen-bond acceptors (Lipinski definition) is 6. The number of anilines is 1. The van der Waals surface area contributed by atoms with Gasteiger partial charge in [0.1, 0.15) is 11.8 Å². The van der Waals surface area contributed by atoms with Crippen molar-refractivity contribution < 1.29 is 9.59 Å². The number of nitrogens with one attached hydrogen (secondary N) is 1. The normalized spacial score (nSPS) is 16.0. The number of aliphatic imine (C=N–C) groups is 1. The Labute approximate surface area is 199 Å². The molecule has 2 heterocycles. The summed E-state index contributed by atoms with van der Waals surface area (Å²) in [4.78, 5) is 36.1. The summed E-state index contributed by atoms with van der Waals surface area (Å²) >= 11 is 6.61. The van der Waals surface area contributed by atoms with Gasteiger partial charge < -0.3 is 25.6 Å². The molecule has 2 amide bonds. The fourth-order valence-corrected chi connectivity index (χ4v) is 4.45. The van der Waals surface area contributed by atoms with E-state index in [-0.39, 0.29) is 6.03 Å². The predicted octanol–water partition coefficient (Wildman–Crippen LogP) is 3.21. The molecule has 0 saturated carbocycles. The predicted molar refractivity (Wildman–Crippen MR) is 134 cm³/mol. The van der Waals surface area contributed by atoms with E-state index in [1.807, 2.05) is 24.3 Å². The van der Waals surface area contributed by atoms with E-state index in [0.717, 1.165) is 34.2 Å². The summed E-state index contributed by atoms with van der Waals surface area (Å²) in [6, 6.07) is 7.67. The zero-order chi connectivity index (χ0) is 24.0. The third-order valence-corrected chi connectivity index (χ3v) is 6.48. The summed E-state index contributed by atoms with van der Waals surface area (Å²) < 4.78 is 0. The Kier molecular flexibility index (Phi) is 7.71. The highest BCUT2D eigenvalue weighted by Crippen LogP contribution is 2.39. The Balaban J connectivity index is 1.90. The van der Waals surface area contributed by atoms with Gasteiger partial charge in [-0.15, -0.1) is 0 Å². The van der Waals surface area contributed by atoms with Crippen LogP contribution in [0.4, 0.5) is 10.5 Å². The van der Waals surface area contributed by atoms with Gasteiger partial charge in [-0.05, 0) is 24.0 Å². The van der Waals surface area contributed by atoms with Crippen molar-refractivity contribution in [2.45, 2.75) is 18.4 Å². The van der Waals surface area contributed by atoms with Gasteiger partial charge in [0, 0.05) is 70.2 Å². The minimum absolute atomic E-state index is 0.280.